The second-order valence-corrected chi connectivity index (χ2v) is 14.4. The summed E-state index contributed by atoms with van der Waals surface area (Å²) < 4.78 is 78.1. The van der Waals surface area contributed by atoms with Crippen LogP contribution in [0.1, 0.15) is 18.2 Å². The number of anilines is 1. The molecule has 0 bridgehead atoms. The molecule has 7 N–H and O–H groups in total. The molecule has 4 rings (SSSR count). The van der Waals surface area contributed by atoms with Crippen LogP contribution in [0.3, 0.4) is 0 Å². The fourth-order valence-corrected chi connectivity index (χ4v) is 6.49. The summed E-state index contributed by atoms with van der Waals surface area (Å²) in [4.78, 5) is 26.3. The lowest BCUT2D eigenvalue weighted by Gasteiger charge is -2.15. The first kappa shape index (κ1) is 41.6. The van der Waals surface area contributed by atoms with Gasteiger partial charge in [-0.2, -0.15) is 26.9 Å². The monoisotopic (exact) mass is 822 g/mol. The Bertz CT molecular complexity index is 2480. The average molecular weight is 823 g/mol. The summed E-state index contributed by atoms with van der Waals surface area (Å²) in [6.07, 6.45) is 5.60. The minimum absolute atomic E-state index is 0.0235. The number of hydrazone groups is 1. The number of rotatable bonds is 13. The number of aromatic amines is 1. The van der Waals surface area contributed by atoms with Gasteiger partial charge in [-0.1, -0.05) is 27.8 Å². The number of carbonyl (C=O) groups excluding carboxylic acids is 1. The number of carbonyl (C=O) groups is 1. The molecule has 0 aliphatic carbocycles. The van der Waals surface area contributed by atoms with Gasteiger partial charge >= 0.3 is 0 Å². The Morgan fingerprint density at radius 3 is 2.00 bits per heavy atom. The maximum absolute atomic E-state index is 13.7. The highest BCUT2D eigenvalue weighted by atomic mass is 32.2. The number of nitrogens with one attached hydrogen (secondary N) is 3. The van der Waals surface area contributed by atoms with Crippen LogP contribution in [0.4, 0.5) is 5.69 Å². The van der Waals surface area contributed by atoms with Gasteiger partial charge in [0.2, 0.25) is 0 Å². The number of aromatic nitrogens is 2. The van der Waals surface area contributed by atoms with Crippen molar-refractivity contribution in [1.29, 1.82) is 0 Å². The highest BCUT2D eigenvalue weighted by molar-refractivity contribution is 7.94. The summed E-state index contributed by atoms with van der Waals surface area (Å²) in [7, 11) is -6.72. The van der Waals surface area contributed by atoms with Crippen LogP contribution in [0.5, 0.6) is 0 Å². The average Bonchev–Trinajstić information content (AvgIpc) is 3.62. The van der Waals surface area contributed by atoms with E-state index in [4.69, 9.17) is 10.5 Å². The molecule has 1 aliphatic heterocycles. The highest BCUT2D eigenvalue weighted by Crippen LogP contribution is 2.34. The number of hydrogen-bond acceptors (Lipinski definition) is 17. The zero-order valence-electron chi connectivity index (χ0n) is 27.6. The van der Waals surface area contributed by atoms with Gasteiger partial charge < -0.3 is 10.6 Å². The molecule has 0 spiro atoms. The molecule has 1 amide bonds. The van der Waals surface area contributed by atoms with Gasteiger partial charge in [0.1, 0.15) is 21.2 Å². The molecular weight excluding hydrogens is 797 g/mol. The SMILES string of the molecule is CNC#CC1=NN(c2cc(SOOO)ccc2S(=O)(=O)O)C(=O)/C1=C\C=C(C)C=Cc1c(C#CNC)[nH]n(-c2cc(SOOO)ccc2S(=O)(=O)O)c1=O. The molecule has 0 unspecified atom stereocenters. The number of amides is 1. The van der Waals surface area contributed by atoms with Crippen LogP contribution < -0.4 is 21.2 Å². The first-order valence-corrected chi connectivity index (χ1v) is 18.7. The fraction of sp³-hybridized carbons (Fsp3) is 0.100. The smallest absolute Gasteiger partial charge is 0.296 e. The molecule has 284 valence electrons. The third kappa shape index (κ3) is 10.1. The van der Waals surface area contributed by atoms with Crippen molar-refractivity contribution in [3.63, 3.8) is 0 Å². The Hall–Kier alpha value is -5.19. The number of allylic oxidation sites excluding steroid dienone is 4. The minimum atomic E-state index is -4.88. The Balaban J connectivity index is 1.78. The maximum atomic E-state index is 13.7. The van der Waals surface area contributed by atoms with Crippen molar-refractivity contribution in [3.8, 4) is 29.6 Å². The Kier molecular flexibility index (Phi) is 14.0. The van der Waals surface area contributed by atoms with E-state index in [-0.39, 0.29) is 43.7 Å². The van der Waals surface area contributed by atoms with Crippen molar-refractivity contribution < 1.29 is 60.0 Å². The number of H-pyrrole nitrogens is 1. The molecule has 2 aromatic carbocycles. The van der Waals surface area contributed by atoms with Gasteiger partial charge in [0.05, 0.1) is 46.6 Å². The van der Waals surface area contributed by atoms with Crippen molar-refractivity contribution in [2.24, 2.45) is 5.10 Å². The molecule has 54 heavy (non-hydrogen) atoms. The third-order valence-electron chi connectivity index (χ3n) is 6.66. The van der Waals surface area contributed by atoms with E-state index in [9.17, 15) is 35.5 Å². The van der Waals surface area contributed by atoms with Crippen LogP contribution in [0.2, 0.25) is 0 Å². The second kappa shape index (κ2) is 18.2. The number of hydrogen-bond donors (Lipinski definition) is 7. The largest absolute Gasteiger partial charge is 0.349 e. The van der Waals surface area contributed by atoms with Gasteiger partial charge in [-0.25, -0.2) is 15.2 Å². The van der Waals surface area contributed by atoms with E-state index in [0.29, 0.717) is 34.7 Å². The molecule has 1 aromatic heterocycles. The van der Waals surface area contributed by atoms with E-state index in [1.807, 2.05) is 0 Å². The van der Waals surface area contributed by atoms with Gasteiger partial charge in [-0.3, -0.25) is 23.8 Å². The highest BCUT2D eigenvalue weighted by Gasteiger charge is 2.34. The summed E-state index contributed by atoms with van der Waals surface area (Å²) in [5.41, 5.74) is -1.29. The third-order valence-corrected chi connectivity index (χ3v) is 9.61. The molecule has 2 heterocycles. The van der Waals surface area contributed by atoms with Crippen molar-refractivity contribution in [3.05, 3.63) is 87.4 Å². The summed E-state index contributed by atoms with van der Waals surface area (Å²) in [6.45, 7) is 1.60. The molecule has 20 nitrogen and oxygen atoms in total. The molecule has 0 radical (unpaired) electrons. The normalized spacial score (nSPS) is 14.2. The predicted octanol–water partition coefficient (Wildman–Crippen LogP) is 2.51. The lowest BCUT2D eigenvalue weighted by Crippen LogP contribution is -2.23. The van der Waals surface area contributed by atoms with Gasteiger partial charge in [0, 0.05) is 36.0 Å². The van der Waals surface area contributed by atoms with E-state index in [0.717, 1.165) is 28.9 Å². The quantitative estimate of drug-likeness (QED) is 0.0191. The second-order valence-electron chi connectivity index (χ2n) is 10.1. The topological polar surface area (TPSA) is 281 Å². The summed E-state index contributed by atoms with van der Waals surface area (Å²) in [5, 5.41) is 36.9. The lowest BCUT2D eigenvalue weighted by atomic mass is 10.1. The van der Waals surface area contributed by atoms with Gasteiger partial charge in [-0.05, 0) is 67.3 Å². The van der Waals surface area contributed by atoms with Crippen LogP contribution in [0, 0.1) is 23.9 Å². The molecule has 24 heteroatoms. The van der Waals surface area contributed by atoms with Crippen LogP contribution >= 0.6 is 24.1 Å². The molecule has 0 fully saturated rings. The standard InChI is InChI=1S/C30H26N6O14S4/c1-18(4-8-21-23(12-14-31-2)33-35(29(21)37)25-16-19(51-49-47-39)6-10-27(25)53(41,42)43)5-9-22-24(13-15-32-3)34-36(30(22)38)26-17-20(52-50-48-40)7-11-28(26)54(44,45)46/h4-11,16-17,31-33,39-40H,1-3H3,(H,41,42,43)(H,44,45,46)/b8-4?,18-5?,22-9-. The van der Waals surface area contributed by atoms with Crippen molar-refractivity contribution in [1.82, 2.24) is 20.4 Å². The molecule has 1 aliphatic rings. The zero-order chi connectivity index (χ0) is 39.6. The van der Waals surface area contributed by atoms with E-state index in [2.05, 4.69) is 63.5 Å². The lowest BCUT2D eigenvalue weighted by molar-refractivity contribution is -0.432. The zero-order valence-corrected chi connectivity index (χ0v) is 30.9. The van der Waals surface area contributed by atoms with Crippen LogP contribution in [-0.4, -0.2) is 72.0 Å². The van der Waals surface area contributed by atoms with Crippen molar-refractivity contribution in [2.45, 2.75) is 26.5 Å². The van der Waals surface area contributed by atoms with E-state index >= 15 is 0 Å². The van der Waals surface area contributed by atoms with Crippen LogP contribution in [-0.2, 0) is 43.8 Å². The molecule has 0 saturated heterocycles. The van der Waals surface area contributed by atoms with Gasteiger partial charge in [0.25, 0.3) is 31.7 Å². The summed E-state index contributed by atoms with van der Waals surface area (Å²) >= 11 is 0.930. The van der Waals surface area contributed by atoms with Crippen LogP contribution in [0.15, 0.2) is 95.3 Å². The first-order valence-electron chi connectivity index (χ1n) is 14.4. The Morgan fingerprint density at radius 1 is 0.889 bits per heavy atom. The van der Waals surface area contributed by atoms with Crippen molar-refractivity contribution in [2.75, 3.05) is 19.1 Å². The van der Waals surface area contributed by atoms with Gasteiger partial charge in [-0.15, -0.1) is 8.67 Å². The van der Waals surface area contributed by atoms with Crippen molar-refractivity contribution >= 4 is 67.7 Å². The molecule has 0 saturated carbocycles. The molecule has 0 atom stereocenters. The minimum Gasteiger partial charge on any atom is -0.349 e. The fourth-order valence-electron chi connectivity index (χ4n) is 4.41. The maximum Gasteiger partial charge on any atom is 0.296 e. The van der Waals surface area contributed by atoms with Gasteiger partial charge in [0.15, 0.2) is 0 Å². The number of benzene rings is 2. The van der Waals surface area contributed by atoms with E-state index in [1.54, 1.807) is 6.92 Å². The van der Waals surface area contributed by atoms with Crippen LogP contribution in [0.25, 0.3) is 11.8 Å². The molecular formula is C30H26N6O14S4. The van der Waals surface area contributed by atoms with E-state index in [1.165, 1.54) is 50.5 Å². The Labute approximate surface area is 314 Å². The Morgan fingerprint density at radius 2 is 1.44 bits per heavy atom. The summed E-state index contributed by atoms with van der Waals surface area (Å²) in [5.74, 6) is 4.48. The first-order chi connectivity index (χ1) is 25.6. The summed E-state index contributed by atoms with van der Waals surface area (Å²) in [6, 6.07) is 11.8. The molecule has 3 aromatic rings. The number of nitrogens with zero attached hydrogens (tertiary/aromatic N) is 3. The van der Waals surface area contributed by atoms with E-state index < -0.39 is 41.5 Å². The predicted molar refractivity (Wildman–Crippen MR) is 192 cm³/mol.